The fourth-order valence-corrected chi connectivity index (χ4v) is 2.03. The third-order valence-corrected chi connectivity index (χ3v) is 3.22. The highest BCUT2D eigenvalue weighted by molar-refractivity contribution is 6.44. The summed E-state index contributed by atoms with van der Waals surface area (Å²) in [6.07, 6.45) is 0.915. The van der Waals surface area contributed by atoms with Crippen LogP contribution in [0.25, 0.3) is 5.53 Å². The Hall–Kier alpha value is -2.22. The number of hydrogen-bond donors (Lipinski definition) is 0. The first-order valence-corrected chi connectivity index (χ1v) is 6.63. The van der Waals surface area contributed by atoms with Crippen LogP contribution in [-0.4, -0.2) is 16.3 Å². The summed E-state index contributed by atoms with van der Waals surface area (Å²) >= 11 is 5.79. The molecule has 0 aromatic heterocycles. The zero-order valence-electron chi connectivity index (χ0n) is 10.8. The molecule has 100 valence electrons. The second kappa shape index (κ2) is 6.80. The van der Waals surface area contributed by atoms with Crippen LogP contribution in [0.2, 0.25) is 5.02 Å². The van der Waals surface area contributed by atoms with Gasteiger partial charge in [-0.15, -0.1) is 0 Å². The van der Waals surface area contributed by atoms with Crippen molar-refractivity contribution < 1.29 is 9.58 Å². The minimum Gasteiger partial charge on any atom is -0.361 e. The molecule has 0 fully saturated rings. The highest BCUT2D eigenvalue weighted by Gasteiger charge is 2.21. The van der Waals surface area contributed by atoms with Gasteiger partial charge < -0.3 is 5.53 Å². The van der Waals surface area contributed by atoms with E-state index in [1.165, 1.54) is 0 Å². The number of nitrogens with zero attached hydrogens (tertiary/aromatic N) is 2. The molecule has 0 aliphatic heterocycles. The summed E-state index contributed by atoms with van der Waals surface area (Å²) in [6.45, 7) is 0. The molecule has 20 heavy (non-hydrogen) atoms. The zero-order valence-corrected chi connectivity index (χ0v) is 11.5. The summed E-state index contributed by atoms with van der Waals surface area (Å²) in [5, 5.41) is 0.572. The molecule has 2 aromatic rings. The van der Waals surface area contributed by atoms with Crippen molar-refractivity contribution in [2.45, 2.75) is 12.8 Å². The second-order valence-corrected chi connectivity index (χ2v) is 4.80. The Morgan fingerprint density at radius 2 is 1.70 bits per heavy atom. The van der Waals surface area contributed by atoms with Crippen molar-refractivity contribution in [2.75, 3.05) is 0 Å². The second-order valence-electron chi connectivity index (χ2n) is 4.36. The summed E-state index contributed by atoms with van der Waals surface area (Å²) in [4.78, 5) is 15.2. The molecule has 4 heteroatoms. The van der Waals surface area contributed by atoms with Gasteiger partial charge in [-0.2, -0.15) is 4.79 Å². The van der Waals surface area contributed by atoms with Crippen LogP contribution >= 0.6 is 11.6 Å². The van der Waals surface area contributed by atoms with Gasteiger partial charge in [0, 0.05) is 11.4 Å². The molecule has 0 heterocycles. The summed E-state index contributed by atoms with van der Waals surface area (Å²) in [6, 6.07) is 16.4. The molecule has 0 saturated heterocycles. The molecular formula is C16H13ClN2O. The Morgan fingerprint density at radius 3 is 2.30 bits per heavy atom. The molecular weight excluding hydrogens is 272 g/mol. The maximum atomic E-state index is 12.1. The van der Waals surface area contributed by atoms with Gasteiger partial charge in [-0.1, -0.05) is 41.9 Å². The minimum absolute atomic E-state index is 0.0672. The van der Waals surface area contributed by atoms with Crippen LogP contribution in [0.1, 0.15) is 17.5 Å². The fraction of sp³-hybridized carbons (Fsp3) is 0.125. The Labute approximate surface area is 122 Å². The van der Waals surface area contributed by atoms with E-state index in [0.29, 0.717) is 23.4 Å². The quantitative estimate of drug-likeness (QED) is 0.470. The predicted octanol–water partition coefficient (Wildman–Crippen LogP) is 3.56. The molecule has 2 rings (SSSR count). The van der Waals surface area contributed by atoms with E-state index < -0.39 is 0 Å². The average molecular weight is 285 g/mol. The highest BCUT2D eigenvalue weighted by Crippen LogP contribution is 2.11. The van der Waals surface area contributed by atoms with Crippen LogP contribution in [-0.2, 0) is 11.2 Å². The lowest BCUT2D eigenvalue weighted by Crippen LogP contribution is -2.17. The van der Waals surface area contributed by atoms with Crippen LogP contribution in [0, 0.1) is 0 Å². The van der Waals surface area contributed by atoms with Crippen LogP contribution in [0.4, 0.5) is 0 Å². The van der Waals surface area contributed by atoms with Gasteiger partial charge in [0.05, 0.1) is 5.56 Å². The van der Waals surface area contributed by atoms with Crippen molar-refractivity contribution >= 4 is 23.1 Å². The Balaban J connectivity index is 2.07. The van der Waals surface area contributed by atoms with Crippen molar-refractivity contribution in [3.63, 3.8) is 0 Å². The fourth-order valence-electron chi connectivity index (χ4n) is 1.90. The maximum absolute atomic E-state index is 12.1. The van der Waals surface area contributed by atoms with Gasteiger partial charge >= 0.3 is 5.71 Å². The number of carbonyl (C=O) groups excluding carboxylic acids is 1. The van der Waals surface area contributed by atoms with Gasteiger partial charge in [-0.3, -0.25) is 4.79 Å². The van der Waals surface area contributed by atoms with Crippen molar-refractivity contribution in [2.24, 2.45) is 0 Å². The minimum atomic E-state index is -0.196. The zero-order chi connectivity index (χ0) is 14.4. The SMILES string of the molecule is [N-]=[N+]=C(C(=O)CCc1ccccc1)c1ccc(Cl)cc1. The third kappa shape index (κ3) is 3.64. The molecule has 3 nitrogen and oxygen atoms in total. The first-order valence-electron chi connectivity index (χ1n) is 6.26. The van der Waals surface area contributed by atoms with E-state index >= 15 is 0 Å². The third-order valence-electron chi connectivity index (χ3n) is 2.97. The molecule has 0 amide bonds. The lowest BCUT2D eigenvalue weighted by molar-refractivity contribution is -0.117. The van der Waals surface area contributed by atoms with Gasteiger partial charge in [0.1, 0.15) is 0 Å². The van der Waals surface area contributed by atoms with Gasteiger partial charge in [0.2, 0.25) is 5.78 Å². The molecule has 0 N–H and O–H groups in total. The number of rotatable bonds is 5. The van der Waals surface area contributed by atoms with Gasteiger partial charge in [-0.05, 0) is 36.2 Å². The van der Waals surface area contributed by atoms with Crippen LogP contribution < -0.4 is 0 Å². The molecule has 0 spiro atoms. The van der Waals surface area contributed by atoms with Crippen molar-refractivity contribution in [1.82, 2.24) is 0 Å². The Bertz CT molecular complexity index is 644. The van der Waals surface area contributed by atoms with E-state index in [1.54, 1.807) is 24.3 Å². The van der Waals surface area contributed by atoms with Crippen LogP contribution in [0.5, 0.6) is 0 Å². The van der Waals surface area contributed by atoms with Gasteiger partial charge in [0.15, 0.2) is 0 Å². The van der Waals surface area contributed by atoms with Crippen molar-refractivity contribution in [3.05, 3.63) is 76.3 Å². The summed E-state index contributed by atoms with van der Waals surface area (Å²) in [5.41, 5.74) is 10.8. The molecule has 0 bridgehead atoms. The van der Waals surface area contributed by atoms with Gasteiger partial charge in [0.25, 0.3) is 0 Å². The van der Waals surface area contributed by atoms with Gasteiger partial charge in [-0.25, -0.2) is 0 Å². The van der Waals surface area contributed by atoms with E-state index in [9.17, 15) is 4.79 Å². The lowest BCUT2D eigenvalue weighted by Gasteiger charge is -1.99. The molecule has 0 aliphatic carbocycles. The smallest absolute Gasteiger partial charge is 0.361 e. The van der Waals surface area contributed by atoms with Crippen molar-refractivity contribution in [3.8, 4) is 0 Å². The molecule has 0 unspecified atom stereocenters. The molecule has 0 aliphatic rings. The normalized spacial score (nSPS) is 9.85. The molecule has 0 radical (unpaired) electrons. The molecule has 2 aromatic carbocycles. The lowest BCUT2D eigenvalue weighted by atomic mass is 10.0. The standard InChI is InChI=1S/C16H13ClN2O/c17-14-9-7-13(8-10-14)16(19-18)15(20)11-6-12-4-2-1-3-5-12/h1-5,7-10H,6,11H2. The van der Waals surface area contributed by atoms with E-state index in [2.05, 4.69) is 4.79 Å². The van der Waals surface area contributed by atoms with E-state index in [4.69, 9.17) is 17.1 Å². The summed E-state index contributed by atoms with van der Waals surface area (Å²) in [7, 11) is 0. The number of carbonyl (C=O) groups is 1. The summed E-state index contributed by atoms with van der Waals surface area (Å²) < 4.78 is 0. The average Bonchev–Trinajstić information content (AvgIpc) is 2.49. The largest absolute Gasteiger partial charge is 0.364 e. The number of benzene rings is 2. The first kappa shape index (κ1) is 14.2. The number of ketones is 1. The maximum Gasteiger partial charge on any atom is 0.364 e. The predicted molar refractivity (Wildman–Crippen MR) is 79.0 cm³/mol. The topological polar surface area (TPSA) is 53.5 Å². The Morgan fingerprint density at radius 1 is 1.05 bits per heavy atom. The first-order chi connectivity index (χ1) is 9.70. The number of aryl methyl sites for hydroxylation is 1. The van der Waals surface area contributed by atoms with Crippen LogP contribution in [0.15, 0.2) is 54.6 Å². The molecule has 0 saturated carbocycles. The van der Waals surface area contributed by atoms with E-state index in [0.717, 1.165) is 5.56 Å². The monoisotopic (exact) mass is 284 g/mol. The van der Waals surface area contributed by atoms with Crippen molar-refractivity contribution in [1.29, 1.82) is 0 Å². The van der Waals surface area contributed by atoms with E-state index in [1.807, 2.05) is 30.3 Å². The summed E-state index contributed by atoms with van der Waals surface area (Å²) in [5.74, 6) is -0.196. The van der Waals surface area contributed by atoms with E-state index in [-0.39, 0.29) is 11.5 Å². The number of Topliss-reactive ketones (excluding diaryl/α,β-unsaturated/α-hetero) is 1. The van der Waals surface area contributed by atoms with Crippen LogP contribution in [0.3, 0.4) is 0 Å². The molecule has 0 atom stereocenters. The number of hydrogen-bond acceptors (Lipinski definition) is 1. The number of halogens is 1. The Kier molecular flexibility index (Phi) is 4.83. The highest BCUT2D eigenvalue weighted by atomic mass is 35.5.